The van der Waals surface area contributed by atoms with Crippen LogP contribution in [0.5, 0.6) is 5.75 Å². The monoisotopic (exact) mass is 418 g/mol. The minimum Gasteiger partial charge on any atom is -0.497 e. The number of methoxy groups -OCH3 is 1. The van der Waals surface area contributed by atoms with Crippen LogP contribution in [-0.2, 0) is 19.6 Å². The van der Waals surface area contributed by atoms with Crippen molar-refractivity contribution in [3.63, 3.8) is 0 Å². The Balaban J connectivity index is 1.50. The fourth-order valence-electron chi connectivity index (χ4n) is 3.21. The number of nitrogens with zero attached hydrogens (tertiary/aromatic N) is 3. The minimum absolute atomic E-state index is 0.593. The summed E-state index contributed by atoms with van der Waals surface area (Å²) in [5.41, 5.74) is 5.16. The van der Waals surface area contributed by atoms with Crippen molar-refractivity contribution in [1.82, 2.24) is 20.3 Å². The molecule has 4 rings (SSSR count). The van der Waals surface area contributed by atoms with Gasteiger partial charge in [-0.05, 0) is 35.4 Å². The second-order valence-corrected chi connectivity index (χ2v) is 7.41. The summed E-state index contributed by atoms with van der Waals surface area (Å²) in [6, 6.07) is 26.0. The van der Waals surface area contributed by atoms with Gasteiger partial charge in [0.15, 0.2) is 0 Å². The van der Waals surface area contributed by atoms with E-state index in [2.05, 4.69) is 29.6 Å². The number of hydrogen-bond donors (Lipinski definition) is 1. The number of nitrogens with one attached hydrogen (secondary N) is 1. The first-order valence-corrected chi connectivity index (χ1v) is 10.2. The molecule has 0 bridgehead atoms. The van der Waals surface area contributed by atoms with Gasteiger partial charge in [0.2, 0.25) is 0 Å². The van der Waals surface area contributed by atoms with Gasteiger partial charge in [-0.1, -0.05) is 66.2 Å². The third kappa shape index (κ3) is 5.06. The summed E-state index contributed by atoms with van der Waals surface area (Å²) in [5.74, 6) is 0.857. The third-order valence-electron chi connectivity index (χ3n) is 4.79. The Labute approximate surface area is 181 Å². The molecular formula is C24H23ClN4O. The van der Waals surface area contributed by atoms with E-state index in [9.17, 15) is 0 Å². The zero-order valence-electron chi connectivity index (χ0n) is 16.8. The lowest BCUT2D eigenvalue weighted by Gasteiger charge is -2.06. The fourth-order valence-corrected chi connectivity index (χ4v) is 3.34. The maximum atomic E-state index is 6.00. The Morgan fingerprint density at radius 2 is 1.53 bits per heavy atom. The third-order valence-corrected chi connectivity index (χ3v) is 5.04. The van der Waals surface area contributed by atoms with E-state index >= 15 is 0 Å². The molecule has 30 heavy (non-hydrogen) atoms. The number of aromatic nitrogens is 3. The van der Waals surface area contributed by atoms with E-state index in [0.717, 1.165) is 39.8 Å². The number of halogens is 1. The van der Waals surface area contributed by atoms with Crippen LogP contribution in [0.3, 0.4) is 0 Å². The molecule has 0 radical (unpaired) electrons. The van der Waals surface area contributed by atoms with E-state index < -0.39 is 0 Å². The van der Waals surface area contributed by atoms with Crippen molar-refractivity contribution in [3.8, 4) is 17.0 Å². The lowest BCUT2D eigenvalue weighted by atomic mass is 10.1. The molecule has 6 heteroatoms. The van der Waals surface area contributed by atoms with Crippen molar-refractivity contribution >= 4 is 11.6 Å². The van der Waals surface area contributed by atoms with Crippen molar-refractivity contribution in [1.29, 1.82) is 0 Å². The smallest absolute Gasteiger partial charge is 0.118 e. The zero-order valence-corrected chi connectivity index (χ0v) is 17.5. The SMILES string of the molecule is COc1ccc(CNCc2nn(Cc3ccc(Cl)cc3)nc2-c2ccccc2)cc1. The molecule has 0 aliphatic heterocycles. The standard InChI is InChI=1S/C24H23ClN4O/c1-30-22-13-9-18(10-14-22)15-26-16-23-24(20-5-3-2-4-6-20)28-29(27-23)17-19-7-11-21(25)12-8-19/h2-14,26H,15-17H2,1H3. The summed E-state index contributed by atoms with van der Waals surface area (Å²) in [6.07, 6.45) is 0. The highest BCUT2D eigenvalue weighted by molar-refractivity contribution is 6.30. The molecular weight excluding hydrogens is 396 g/mol. The van der Waals surface area contributed by atoms with Crippen LogP contribution in [0.15, 0.2) is 78.9 Å². The molecule has 4 aromatic rings. The quantitative estimate of drug-likeness (QED) is 0.440. The Morgan fingerprint density at radius 3 is 2.23 bits per heavy atom. The van der Waals surface area contributed by atoms with Crippen molar-refractivity contribution in [2.24, 2.45) is 0 Å². The van der Waals surface area contributed by atoms with Gasteiger partial charge in [0.25, 0.3) is 0 Å². The predicted molar refractivity (Wildman–Crippen MR) is 120 cm³/mol. The van der Waals surface area contributed by atoms with Gasteiger partial charge in [0, 0.05) is 23.7 Å². The van der Waals surface area contributed by atoms with Crippen molar-refractivity contribution in [2.45, 2.75) is 19.6 Å². The molecule has 0 unspecified atom stereocenters. The average molecular weight is 419 g/mol. The summed E-state index contributed by atoms with van der Waals surface area (Å²) < 4.78 is 5.22. The normalized spacial score (nSPS) is 10.9. The zero-order chi connectivity index (χ0) is 20.8. The molecule has 0 fully saturated rings. The molecule has 1 aromatic heterocycles. The Kier molecular flexibility index (Phi) is 6.42. The molecule has 0 spiro atoms. The molecule has 1 heterocycles. The number of rotatable bonds is 8. The minimum atomic E-state index is 0.593. The number of ether oxygens (including phenoxy) is 1. The molecule has 0 saturated heterocycles. The Morgan fingerprint density at radius 1 is 0.833 bits per heavy atom. The highest BCUT2D eigenvalue weighted by Gasteiger charge is 2.13. The molecule has 0 atom stereocenters. The van der Waals surface area contributed by atoms with E-state index in [0.29, 0.717) is 13.1 Å². The van der Waals surface area contributed by atoms with Gasteiger partial charge in [-0.2, -0.15) is 15.0 Å². The van der Waals surface area contributed by atoms with Crippen molar-refractivity contribution in [2.75, 3.05) is 7.11 Å². The van der Waals surface area contributed by atoms with Crippen molar-refractivity contribution in [3.05, 3.63) is 101 Å². The van der Waals surface area contributed by atoms with Crippen LogP contribution in [0.25, 0.3) is 11.3 Å². The second-order valence-electron chi connectivity index (χ2n) is 6.97. The van der Waals surface area contributed by atoms with E-state index in [1.54, 1.807) is 11.9 Å². The predicted octanol–water partition coefficient (Wildman–Crippen LogP) is 4.95. The Bertz CT molecular complexity index is 1080. The van der Waals surface area contributed by atoms with Crippen molar-refractivity contribution < 1.29 is 4.74 Å². The molecule has 3 aromatic carbocycles. The van der Waals surface area contributed by atoms with E-state index in [-0.39, 0.29) is 0 Å². The molecule has 0 saturated carbocycles. The van der Waals surface area contributed by atoms with E-state index in [1.165, 1.54) is 5.56 Å². The first-order valence-electron chi connectivity index (χ1n) is 9.79. The van der Waals surface area contributed by atoms with Gasteiger partial charge in [0.05, 0.1) is 13.7 Å². The van der Waals surface area contributed by atoms with Crippen LogP contribution in [-0.4, -0.2) is 22.1 Å². The highest BCUT2D eigenvalue weighted by Crippen LogP contribution is 2.21. The molecule has 0 amide bonds. The molecule has 1 N–H and O–H groups in total. The summed E-state index contributed by atoms with van der Waals surface area (Å²) in [6.45, 7) is 1.95. The van der Waals surface area contributed by atoms with Crippen LogP contribution in [0.2, 0.25) is 5.02 Å². The van der Waals surface area contributed by atoms with Gasteiger partial charge in [0.1, 0.15) is 17.1 Å². The summed E-state index contributed by atoms with van der Waals surface area (Å²) in [5, 5.41) is 13.7. The molecule has 5 nitrogen and oxygen atoms in total. The second kappa shape index (κ2) is 9.57. The van der Waals surface area contributed by atoms with Crippen LogP contribution < -0.4 is 10.1 Å². The van der Waals surface area contributed by atoms with Gasteiger partial charge in [-0.25, -0.2) is 0 Å². The van der Waals surface area contributed by atoms with E-state index in [1.807, 2.05) is 54.6 Å². The first kappa shape index (κ1) is 20.1. The summed E-state index contributed by atoms with van der Waals surface area (Å²) in [4.78, 5) is 1.75. The molecule has 152 valence electrons. The lowest BCUT2D eigenvalue weighted by molar-refractivity contribution is 0.414. The number of benzene rings is 3. The fraction of sp³-hybridized carbons (Fsp3) is 0.167. The van der Waals surface area contributed by atoms with Gasteiger partial charge < -0.3 is 10.1 Å². The van der Waals surface area contributed by atoms with Gasteiger partial charge in [-0.15, -0.1) is 0 Å². The van der Waals surface area contributed by atoms with Crippen LogP contribution in [0.1, 0.15) is 16.8 Å². The largest absolute Gasteiger partial charge is 0.497 e. The maximum Gasteiger partial charge on any atom is 0.118 e. The van der Waals surface area contributed by atoms with Gasteiger partial charge in [-0.3, -0.25) is 0 Å². The highest BCUT2D eigenvalue weighted by atomic mass is 35.5. The van der Waals surface area contributed by atoms with Gasteiger partial charge >= 0.3 is 0 Å². The first-order chi connectivity index (χ1) is 14.7. The summed E-state index contributed by atoms with van der Waals surface area (Å²) >= 11 is 6.00. The lowest BCUT2D eigenvalue weighted by Crippen LogP contribution is -2.14. The summed E-state index contributed by atoms with van der Waals surface area (Å²) in [7, 11) is 1.67. The molecule has 0 aliphatic carbocycles. The number of hydrogen-bond acceptors (Lipinski definition) is 4. The van der Waals surface area contributed by atoms with E-state index in [4.69, 9.17) is 26.5 Å². The average Bonchev–Trinajstić information content (AvgIpc) is 3.19. The van der Waals surface area contributed by atoms with Crippen LogP contribution in [0, 0.1) is 0 Å². The topological polar surface area (TPSA) is 52.0 Å². The molecule has 0 aliphatic rings. The van der Waals surface area contributed by atoms with Crippen LogP contribution >= 0.6 is 11.6 Å². The Hall–Kier alpha value is -3.15. The van der Waals surface area contributed by atoms with Crippen LogP contribution in [0.4, 0.5) is 0 Å². The maximum absolute atomic E-state index is 6.00.